The zero-order chi connectivity index (χ0) is 19.2. The molecule has 1 fully saturated rings. The lowest BCUT2D eigenvalue weighted by Gasteiger charge is -2.37. The van der Waals surface area contributed by atoms with E-state index >= 15 is 0 Å². The van der Waals surface area contributed by atoms with E-state index in [-0.39, 0.29) is 17.7 Å². The Hall–Kier alpha value is -1.92. The van der Waals surface area contributed by atoms with Crippen molar-refractivity contribution in [1.29, 1.82) is 0 Å². The highest BCUT2D eigenvalue weighted by Crippen LogP contribution is 2.31. The lowest BCUT2D eigenvalue weighted by atomic mass is 9.74. The fourth-order valence-electron chi connectivity index (χ4n) is 3.42. The van der Waals surface area contributed by atoms with Gasteiger partial charge in [-0.2, -0.15) is 0 Å². The molecule has 0 radical (unpaired) electrons. The molecule has 2 rings (SSSR count). The number of nitrogens with two attached hydrogens (primary N) is 1. The van der Waals surface area contributed by atoms with Gasteiger partial charge in [-0.3, -0.25) is 9.59 Å². The molecule has 6 heteroatoms. The summed E-state index contributed by atoms with van der Waals surface area (Å²) in [6.07, 6.45) is 3.86. The molecule has 0 aliphatic heterocycles. The van der Waals surface area contributed by atoms with Crippen LogP contribution >= 0.6 is 0 Å². The number of nitrogens with zero attached hydrogens (tertiary/aromatic N) is 1. The van der Waals surface area contributed by atoms with Crippen molar-refractivity contribution in [3.63, 3.8) is 0 Å². The van der Waals surface area contributed by atoms with Gasteiger partial charge < -0.3 is 21.3 Å². The highest BCUT2D eigenvalue weighted by atomic mass is 16.2. The van der Waals surface area contributed by atoms with E-state index in [1.165, 1.54) is 0 Å². The van der Waals surface area contributed by atoms with E-state index in [0.717, 1.165) is 37.8 Å². The van der Waals surface area contributed by atoms with Crippen molar-refractivity contribution in [2.24, 2.45) is 11.7 Å². The molecule has 1 aliphatic rings. The van der Waals surface area contributed by atoms with Gasteiger partial charge in [-0.25, -0.2) is 0 Å². The average Bonchev–Trinajstić information content (AvgIpc) is 2.59. The first-order valence-electron chi connectivity index (χ1n) is 9.38. The molecule has 1 aromatic rings. The molecule has 0 aromatic heterocycles. The largest absolute Gasteiger partial charge is 0.352 e. The Balaban J connectivity index is 1.90. The first-order valence-corrected chi connectivity index (χ1v) is 9.38. The van der Waals surface area contributed by atoms with Crippen LogP contribution in [0.5, 0.6) is 0 Å². The highest BCUT2D eigenvalue weighted by Gasteiger charge is 2.37. The molecule has 1 saturated carbocycles. The van der Waals surface area contributed by atoms with Gasteiger partial charge in [-0.05, 0) is 51.6 Å². The van der Waals surface area contributed by atoms with Crippen LogP contribution in [0.25, 0.3) is 0 Å². The number of nitrogens with one attached hydrogen (secondary N) is 2. The summed E-state index contributed by atoms with van der Waals surface area (Å²) in [5.74, 6) is -0.230. The maximum Gasteiger partial charge on any atom is 0.251 e. The second-order valence-corrected chi connectivity index (χ2v) is 7.78. The van der Waals surface area contributed by atoms with E-state index in [2.05, 4.69) is 10.6 Å². The second-order valence-electron chi connectivity index (χ2n) is 7.78. The Morgan fingerprint density at radius 1 is 1.27 bits per heavy atom. The van der Waals surface area contributed by atoms with Crippen LogP contribution in [-0.4, -0.2) is 49.4 Å². The van der Waals surface area contributed by atoms with Gasteiger partial charge >= 0.3 is 0 Å². The first-order chi connectivity index (χ1) is 12.3. The molecule has 0 heterocycles. The molecule has 0 bridgehead atoms. The van der Waals surface area contributed by atoms with Crippen molar-refractivity contribution < 1.29 is 9.59 Å². The lowest BCUT2D eigenvalue weighted by Crippen LogP contribution is -2.52. The Bertz CT molecular complexity index is 628. The summed E-state index contributed by atoms with van der Waals surface area (Å²) in [7, 11) is 3.93. The van der Waals surface area contributed by atoms with Crippen LogP contribution in [0.1, 0.15) is 48.5 Å². The van der Waals surface area contributed by atoms with Crippen LogP contribution in [0.4, 0.5) is 0 Å². The van der Waals surface area contributed by atoms with E-state index in [1.54, 1.807) is 6.07 Å². The van der Waals surface area contributed by atoms with E-state index in [4.69, 9.17) is 5.73 Å². The third-order valence-electron chi connectivity index (χ3n) is 5.07. The monoisotopic (exact) mass is 360 g/mol. The summed E-state index contributed by atoms with van der Waals surface area (Å²) in [5.41, 5.74) is 7.39. The van der Waals surface area contributed by atoms with Crippen molar-refractivity contribution in [3.05, 3.63) is 35.4 Å². The summed E-state index contributed by atoms with van der Waals surface area (Å²) >= 11 is 0. The Morgan fingerprint density at radius 2 is 2.04 bits per heavy atom. The predicted molar refractivity (Wildman–Crippen MR) is 104 cm³/mol. The van der Waals surface area contributed by atoms with Crippen molar-refractivity contribution in [2.45, 2.75) is 44.7 Å². The third kappa shape index (κ3) is 5.81. The summed E-state index contributed by atoms with van der Waals surface area (Å²) in [4.78, 5) is 26.8. The molecule has 0 spiro atoms. The minimum atomic E-state index is -0.434. The molecule has 26 heavy (non-hydrogen) atoms. The number of hydrogen-bond acceptors (Lipinski definition) is 4. The number of hydrogen-bond donors (Lipinski definition) is 3. The van der Waals surface area contributed by atoms with Crippen molar-refractivity contribution >= 4 is 11.8 Å². The van der Waals surface area contributed by atoms with Crippen LogP contribution in [0.2, 0.25) is 0 Å². The minimum absolute atomic E-state index is 0.00976. The second kappa shape index (κ2) is 9.14. The van der Waals surface area contributed by atoms with Gasteiger partial charge in [-0.1, -0.05) is 25.0 Å². The molecule has 0 saturated heterocycles. The van der Waals surface area contributed by atoms with Gasteiger partial charge in [0.2, 0.25) is 5.91 Å². The minimum Gasteiger partial charge on any atom is -0.352 e. The van der Waals surface area contributed by atoms with Crippen LogP contribution in [0.3, 0.4) is 0 Å². The Labute approximate surface area is 156 Å². The maximum absolute atomic E-state index is 12.5. The highest BCUT2D eigenvalue weighted by molar-refractivity contribution is 5.94. The van der Waals surface area contributed by atoms with Gasteiger partial charge in [0.15, 0.2) is 0 Å². The number of rotatable bonds is 7. The summed E-state index contributed by atoms with van der Waals surface area (Å²) in [6.45, 7) is 3.77. The number of carbonyl (C=O) groups is 2. The van der Waals surface area contributed by atoms with Gasteiger partial charge in [0.25, 0.3) is 5.91 Å². The van der Waals surface area contributed by atoms with E-state index in [0.29, 0.717) is 18.7 Å². The first kappa shape index (κ1) is 20.4. The zero-order valence-corrected chi connectivity index (χ0v) is 16.2. The van der Waals surface area contributed by atoms with Crippen molar-refractivity contribution in [1.82, 2.24) is 15.5 Å². The lowest BCUT2D eigenvalue weighted by molar-refractivity contribution is -0.128. The number of carbonyl (C=O) groups excluding carboxylic acids is 2. The summed E-state index contributed by atoms with van der Waals surface area (Å²) in [5, 5.41) is 5.89. The molecule has 2 atom stereocenters. The molecular weight excluding hydrogens is 328 g/mol. The van der Waals surface area contributed by atoms with Crippen molar-refractivity contribution in [3.8, 4) is 0 Å². The average molecular weight is 361 g/mol. The molecule has 144 valence electrons. The maximum atomic E-state index is 12.5. The predicted octanol–water partition coefficient (Wildman–Crippen LogP) is 1.50. The molecule has 4 N–H and O–H groups in total. The van der Waals surface area contributed by atoms with E-state index < -0.39 is 5.54 Å². The van der Waals surface area contributed by atoms with Gasteiger partial charge in [0.1, 0.15) is 0 Å². The third-order valence-corrected chi connectivity index (χ3v) is 5.07. The van der Waals surface area contributed by atoms with Crippen LogP contribution in [0.15, 0.2) is 24.3 Å². The molecule has 1 aromatic carbocycles. The molecule has 2 unspecified atom stereocenters. The quantitative estimate of drug-likeness (QED) is 0.688. The van der Waals surface area contributed by atoms with E-state index in [9.17, 15) is 9.59 Å². The SMILES string of the molecule is CN(C)CCNC(=O)c1cccc(CNC(=O)C2CCCCC2(C)N)c1. The Morgan fingerprint density at radius 3 is 2.73 bits per heavy atom. The topological polar surface area (TPSA) is 87.5 Å². The standard InChI is InChI=1S/C20H32N4O2/c1-20(21)10-5-4-9-17(20)19(26)23-14-15-7-6-8-16(13-15)18(25)22-11-12-24(2)3/h6-8,13,17H,4-5,9-12,14,21H2,1-3H3,(H,22,25)(H,23,26). The fourth-order valence-corrected chi connectivity index (χ4v) is 3.42. The zero-order valence-electron chi connectivity index (χ0n) is 16.2. The number of likely N-dealkylation sites (N-methyl/N-ethyl adjacent to an activating group) is 1. The molecular formula is C20H32N4O2. The normalized spacial score (nSPS) is 22.9. The van der Waals surface area contributed by atoms with Gasteiger partial charge in [0, 0.05) is 30.7 Å². The molecule has 6 nitrogen and oxygen atoms in total. The van der Waals surface area contributed by atoms with Crippen LogP contribution < -0.4 is 16.4 Å². The van der Waals surface area contributed by atoms with Gasteiger partial charge in [0.05, 0.1) is 5.92 Å². The van der Waals surface area contributed by atoms with Crippen molar-refractivity contribution in [2.75, 3.05) is 27.2 Å². The van der Waals surface area contributed by atoms with E-state index in [1.807, 2.05) is 44.1 Å². The fraction of sp³-hybridized carbons (Fsp3) is 0.600. The number of benzene rings is 1. The number of amides is 2. The molecule has 1 aliphatic carbocycles. The van der Waals surface area contributed by atoms with Gasteiger partial charge in [-0.15, -0.1) is 0 Å². The molecule has 2 amide bonds. The van der Waals surface area contributed by atoms with Crippen LogP contribution in [-0.2, 0) is 11.3 Å². The summed E-state index contributed by atoms with van der Waals surface area (Å²) in [6, 6.07) is 7.37. The van der Waals surface area contributed by atoms with Crippen LogP contribution in [0, 0.1) is 5.92 Å². The Kier molecular flexibility index (Phi) is 7.17. The smallest absolute Gasteiger partial charge is 0.251 e. The summed E-state index contributed by atoms with van der Waals surface area (Å²) < 4.78 is 0.